The Balaban J connectivity index is 2.66. The van der Waals surface area contributed by atoms with E-state index in [1.54, 1.807) is 0 Å². The first kappa shape index (κ1) is 7.78. The molecule has 1 aromatic carbocycles. The maximum atomic E-state index is 5.53. The van der Waals surface area contributed by atoms with Crippen LogP contribution in [0.3, 0.4) is 0 Å². The van der Waals surface area contributed by atoms with Crippen LogP contribution in [0.4, 0.5) is 0 Å². The highest BCUT2D eigenvalue weighted by Crippen LogP contribution is 2.18. The van der Waals surface area contributed by atoms with Crippen LogP contribution in [-0.4, -0.2) is 0 Å². The van der Waals surface area contributed by atoms with Gasteiger partial charge in [0.05, 0.1) is 0 Å². The van der Waals surface area contributed by atoms with Crippen molar-refractivity contribution >= 4 is 25.0 Å². The largest absolute Gasteiger partial charge is 0.461 e. The fourth-order valence-electron chi connectivity index (χ4n) is 1.25. The van der Waals surface area contributed by atoms with Gasteiger partial charge in [0, 0.05) is 5.39 Å². The quantitative estimate of drug-likeness (QED) is 0.679. The Hall–Kier alpha value is -0.850. The van der Waals surface area contributed by atoms with Gasteiger partial charge < -0.3 is 9.92 Å². The lowest BCUT2D eigenvalue weighted by molar-refractivity contribution is 0.579. The van der Waals surface area contributed by atoms with E-state index in [4.69, 9.17) is 9.92 Å². The first-order valence-electron chi connectivity index (χ1n) is 3.76. The van der Waals surface area contributed by atoms with E-state index in [0.717, 1.165) is 22.0 Å². The summed E-state index contributed by atoms with van der Waals surface area (Å²) >= 11 is 0. The molecule has 1 unspecified atom stereocenters. The number of rotatable bonds is 1. The van der Waals surface area contributed by atoms with Crippen molar-refractivity contribution in [3.8, 4) is 0 Å². The van der Waals surface area contributed by atoms with Crippen LogP contribution >= 0.6 is 8.73 Å². The minimum Gasteiger partial charge on any atom is -0.461 e. The van der Waals surface area contributed by atoms with Gasteiger partial charge in [0.1, 0.15) is 11.3 Å². The number of furan rings is 1. The van der Waals surface area contributed by atoms with E-state index >= 15 is 0 Å². The van der Waals surface area contributed by atoms with Gasteiger partial charge in [-0.05, 0) is 33.1 Å². The molecule has 2 rings (SSSR count). The van der Waals surface area contributed by atoms with Gasteiger partial charge in [0.25, 0.3) is 0 Å². The molecule has 0 saturated carbocycles. The van der Waals surface area contributed by atoms with Crippen molar-refractivity contribution in [3.05, 3.63) is 30.0 Å². The molecule has 0 bridgehead atoms. The third-order valence-electron chi connectivity index (χ3n) is 1.81. The number of hydrogen-bond acceptors (Lipinski definition) is 2. The predicted octanol–water partition coefficient (Wildman–Crippen LogP) is 1.92. The van der Waals surface area contributed by atoms with Crippen molar-refractivity contribution in [1.29, 1.82) is 0 Å². The van der Waals surface area contributed by atoms with Gasteiger partial charge in [-0.1, -0.05) is 12.1 Å². The molecule has 2 aromatic rings. The third-order valence-corrected chi connectivity index (χ3v) is 2.45. The average molecular weight is 179 g/mol. The predicted molar refractivity (Wildman–Crippen MR) is 53.1 cm³/mol. The Labute approximate surface area is 72.6 Å². The second kappa shape index (κ2) is 2.89. The Kier molecular flexibility index (Phi) is 1.87. The molecule has 0 aliphatic heterocycles. The Morgan fingerprint density at radius 3 is 2.92 bits per heavy atom. The summed E-state index contributed by atoms with van der Waals surface area (Å²) < 4.78 is 5.46. The van der Waals surface area contributed by atoms with Gasteiger partial charge in [-0.15, -0.1) is 0 Å². The summed E-state index contributed by atoms with van der Waals surface area (Å²) in [7, 11) is 0.343. The summed E-state index contributed by atoms with van der Waals surface area (Å²) in [5.41, 5.74) is 6.47. The fourth-order valence-corrected chi connectivity index (χ4v) is 1.65. The molecule has 2 nitrogen and oxygen atoms in total. The number of nitrogens with two attached hydrogens (primary N) is 1. The van der Waals surface area contributed by atoms with Crippen LogP contribution in [0.2, 0.25) is 0 Å². The number of hydrogen-bond donors (Lipinski definition) is 1. The first-order chi connectivity index (χ1) is 5.79. The molecule has 1 atom stereocenters. The Morgan fingerprint density at radius 2 is 2.17 bits per heavy atom. The highest BCUT2D eigenvalue weighted by atomic mass is 31.1. The summed E-state index contributed by atoms with van der Waals surface area (Å²) in [5.74, 6) is 0.947. The van der Waals surface area contributed by atoms with E-state index in [1.165, 1.54) is 0 Å². The minimum absolute atomic E-state index is 0.343. The lowest BCUT2D eigenvalue weighted by atomic mass is 10.2. The fraction of sp³-hybridized carbons (Fsp3) is 0.111. The van der Waals surface area contributed by atoms with Crippen LogP contribution < -0.4 is 10.8 Å². The van der Waals surface area contributed by atoms with Crippen molar-refractivity contribution in [2.75, 3.05) is 0 Å². The molecule has 0 aliphatic rings. The highest BCUT2D eigenvalue weighted by molar-refractivity contribution is 7.44. The maximum absolute atomic E-state index is 5.53. The first-order valence-corrected chi connectivity index (χ1v) is 4.84. The van der Waals surface area contributed by atoms with Crippen LogP contribution in [0.15, 0.2) is 28.7 Å². The molecular weight excluding hydrogens is 169 g/mol. The standard InChI is InChI=1S/C9H10NOP/c1-6-4-7-2-3-8(12-10)5-9(7)11-6/h2-5,12H,10H2,1H3. The summed E-state index contributed by atoms with van der Waals surface area (Å²) in [6.07, 6.45) is 0. The second-order valence-electron chi connectivity index (χ2n) is 2.75. The van der Waals surface area contributed by atoms with E-state index in [9.17, 15) is 0 Å². The van der Waals surface area contributed by atoms with Gasteiger partial charge in [0.15, 0.2) is 0 Å². The average Bonchev–Trinajstić information content (AvgIpc) is 2.43. The number of benzene rings is 1. The summed E-state index contributed by atoms with van der Waals surface area (Å²) in [4.78, 5) is 0. The minimum atomic E-state index is 0.343. The van der Waals surface area contributed by atoms with Crippen molar-refractivity contribution in [2.45, 2.75) is 6.92 Å². The molecule has 62 valence electrons. The van der Waals surface area contributed by atoms with Crippen LogP contribution in [0.25, 0.3) is 11.0 Å². The van der Waals surface area contributed by atoms with Gasteiger partial charge in [-0.2, -0.15) is 0 Å². The van der Waals surface area contributed by atoms with Crippen molar-refractivity contribution in [3.63, 3.8) is 0 Å². The van der Waals surface area contributed by atoms with E-state index in [-0.39, 0.29) is 0 Å². The molecule has 0 fully saturated rings. The van der Waals surface area contributed by atoms with Crippen LogP contribution in [-0.2, 0) is 0 Å². The molecule has 0 saturated heterocycles. The van der Waals surface area contributed by atoms with Crippen LogP contribution in [0.1, 0.15) is 5.76 Å². The second-order valence-corrected chi connectivity index (χ2v) is 3.62. The Bertz CT molecular complexity index is 408. The van der Waals surface area contributed by atoms with Gasteiger partial charge in [-0.3, -0.25) is 0 Å². The summed E-state index contributed by atoms with van der Waals surface area (Å²) in [6, 6.07) is 8.11. The SMILES string of the molecule is Cc1cc2ccc(PN)cc2o1. The molecule has 0 amide bonds. The number of fused-ring (bicyclic) bond motifs is 1. The molecule has 3 heteroatoms. The molecular formula is C9H10NOP. The normalized spacial score (nSPS) is 11.8. The maximum Gasteiger partial charge on any atom is 0.134 e. The highest BCUT2D eigenvalue weighted by Gasteiger charge is 1.99. The molecule has 0 spiro atoms. The molecule has 1 heterocycles. The van der Waals surface area contributed by atoms with Crippen molar-refractivity contribution in [1.82, 2.24) is 0 Å². The molecule has 0 aliphatic carbocycles. The zero-order chi connectivity index (χ0) is 8.55. The van der Waals surface area contributed by atoms with Gasteiger partial charge in [-0.25, -0.2) is 0 Å². The smallest absolute Gasteiger partial charge is 0.134 e. The number of aryl methyl sites for hydroxylation is 1. The van der Waals surface area contributed by atoms with E-state index in [2.05, 4.69) is 0 Å². The van der Waals surface area contributed by atoms with Crippen LogP contribution in [0.5, 0.6) is 0 Å². The Morgan fingerprint density at radius 1 is 1.33 bits per heavy atom. The lowest BCUT2D eigenvalue weighted by Gasteiger charge is -1.93. The van der Waals surface area contributed by atoms with Gasteiger partial charge >= 0.3 is 0 Å². The lowest BCUT2D eigenvalue weighted by Crippen LogP contribution is -1.95. The molecule has 2 N–H and O–H groups in total. The zero-order valence-corrected chi connectivity index (χ0v) is 7.79. The van der Waals surface area contributed by atoms with Crippen LogP contribution in [0, 0.1) is 6.92 Å². The van der Waals surface area contributed by atoms with Crippen molar-refractivity contribution in [2.24, 2.45) is 5.50 Å². The zero-order valence-electron chi connectivity index (χ0n) is 6.79. The molecule has 1 aromatic heterocycles. The van der Waals surface area contributed by atoms with Gasteiger partial charge in [0.2, 0.25) is 0 Å². The third kappa shape index (κ3) is 1.24. The molecule has 0 radical (unpaired) electrons. The van der Waals surface area contributed by atoms with E-state index in [0.29, 0.717) is 8.73 Å². The summed E-state index contributed by atoms with van der Waals surface area (Å²) in [6.45, 7) is 1.95. The summed E-state index contributed by atoms with van der Waals surface area (Å²) in [5, 5.41) is 2.28. The van der Waals surface area contributed by atoms with E-state index in [1.807, 2.05) is 31.2 Å². The van der Waals surface area contributed by atoms with Crippen molar-refractivity contribution < 1.29 is 4.42 Å². The van der Waals surface area contributed by atoms with E-state index < -0.39 is 0 Å². The monoisotopic (exact) mass is 179 g/mol. The topological polar surface area (TPSA) is 39.2 Å². The molecule has 12 heavy (non-hydrogen) atoms.